The smallest absolute Gasteiger partial charge is 0.336 e. The highest BCUT2D eigenvalue weighted by atomic mass is 16.4. The highest BCUT2D eigenvalue weighted by Gasteiger charge is 2.20. The molecule has 0 heterocycles. The van der Waals surface area contributed by atoms with Crippen molar-refractivity contribution in [1.29, 1.82) is 0 Å². The Bertz CT molecular complexity index is 664. The van der Waals surface area contributed by atoms with Crippen molar-refractivity contribution < 1.29 is 19.8 Å². The van der Waals surface area contributed by atoms with E-state index in [0.29, 0.717) is 0 Å². The van der Waals surface area contributed by atoms with Gasteiger partial charge in [-0.05, 0) is 30.3 Å². The lowest BCUT2D eigenvalue weighted by molar-refractivity contribution is 0.0692. The van der Waals surface area contributed by atoms with Crippen LogP contribution >= 0.6 is 0 Å². The number of hydrogen-bond donors (Lipinski definition) is 3. The first-order valence-corrected chi connectivity index (χ1v) is 5.46. The van der Waals surface area contributed by atoms with Crippen LogP contribution in [0, 0.1) is 0 Å². The molecule has 0 bridgehead atoms. The van der Waals surface area contributed by atoms with E-state index < -0.39 is 11.8 Å². The number of rotatable bonds is 3. The van der Waals surface area contributed by atoms with E-state index in [4.69, 9.17) is 10.8 Å². The highest BCUT2D eigenvalue weighted by Crippen LogP contribution is 2.23. The van der Waals surface area contributed by atoms with Gasteiger partial charge in [0.15, 0.2) is 5.78 Å². The molecule has 0 amide bonds. The highest BCUT2D eigenvalue weighted by molar-refractivity contribution is 6.15. The Morgan fingerprint density at radius 1 is 0.947 bits per heavy atom. The van der Waals surface area contributed by atoms with Crippen molar-refractivity contribution >= 4 is 17.4 Å². The molecule has 5 heteroatoms. The van der Waals surface area contributed by atoms with Gasteiger partial charge in [0.1, 0.15) is 5.75 Å². The number of para-hydroxylation sites is 1. The maximum absolute atomic E-state index is 12.2. The summed E-state index contributed by atoms with van der Waals surface area (Å²) < 4.78 is 0. The van der Waals surface area contributed by atoms with Gasteiger partial charge in [0.05, 0.1) is 11.1 Å². The van der Waals surface area contributed by atoms with Gasteiger partial charge >= 0.3 is 5.97 Å². The predicted octanol–water partition coefficient (Wildman–Crippen LogP) is 1.90. The second-order valence-electron chi connectivity index (χ2n) is 3.96. The lowest BCUT2D eigenvalue weighted by atomic mass is 9.97. The molecular formula is C14H11NO4. The molecule has 96 valence electrons. The minimum atomic E-state index is -1.24. The van der Waals surface area contributed by atoms with Crippen molar-refractivity contribution in [3.63, 3.8) is 0 Å². The normalized spacial score (nSPS) is 10.1. The average molecular weight is 257 g/mol. The van der Waals surface area contributed by atoms with E-state index in [0.717, 1.165) is 0 Å². The van der Waals surface area contributed by atoms with E-state index >= 15 is 0 Å². The zero-order valence-electron chi connectivity index (χ0n) is 9.83. The first kappa shape index (κ1) is 12.6. The number of benzene rings is 2. The number of phenols is 1. The van der Waals surface area contributed by atoms with Crippen LogP contribution in [0.25, 0.3) is 0 Å². The number of carbonyl (C=O) groups is 2. The molecule has 0 atom stereocenters. The Balaban J connectivity index is 2.57. The van der Waals surface area contributed by atoms with Crippen molar-refractivity contribution in [2.24, 2.45) is 0 Å². The summed E-state index contributed by atoms with van der Waals surface area (Å²) in [6, 6.07) is 9.96. The number of aromatic carboxylic acids is 1. The molecule has 0 aromatic heterocycles. The molecule has 2 rings (SSSR count). The van der Waals surface area contributed by atoms with Crippen LogP contribution in [0.5, 0.6) is 5.75 Å². The molecule has 0 aliphatic rings. The Hall–Kier alpha value is -2.82. The molecule has 0 unspecified atom stereocenters. The molecular weight excluding hydrogens is 246 g/mol. The monoisotopic (exact) mass is 257 g/mol. The van der Waals surface area contributed by atoms with Crippen LogP contribution in [0.4, 0.5) is 5.69 Å². The Labute approximate surface area is 108 Å². The molecule has 2 aromatic rings. The van der Waals surface area contributed by atoms with Gasteiger partial charge in [-0.1, -0.05) is 12.1 Å². The minimum Gasteiger partial charge on any atom is -0.507 e. The zero-order valence-corrected chi connectivity index (χ0v) is 9.83. The molecule has 5 nitrogen and oxygen atoms in total. The van der Waals surface area contributed by atoms with Crippen LogP contribution in [0.15, 0.2) is 42.5 Å². The molecule has 0 saturated carbocycles. The Kier molecular flexibility index (Phi) is 3.20. The third-order valence-electron chi connectivity index (χ3n) is 2.67. The van der Waals surface area contributed by atoms with Crippen LogP contribution in [-0.4, -0.2) is 22.0 Å². The van der Waals surface area contributed by atoms with Gasteiger partial charge in [0, 0.05) is 11.3 Å². The number of nitrogens with two attached hydrogens (primary N) is 1. The maximum atomic E-state index is 12.2. The summed E-state index contributed by atoms with van der Waals surface area (Å²) in [4.78, 5) is 23.4. The Morgan fingerprint density at radius 3 is 2.26 bits per heavy atom. The second kappa shape index (κ2) is 4.81. The predicted molar refractivity (Wildman–Crippen MR) is 69.4 cm³/mol. The van der Waals surface area contributed by atoms with Gasteiger partial charge in [-0.2, -0.15) is 0 Å². The number of anilines is 1. The number of carbonyl (C=O) groups excluding carboxylic acids is 1. The summed E-state index contributed by atoms with van der Waals surface area (Å²) in [5.41, 5.74) is 5.62. The van der Waals surface area contributed by atoms with Gasteiger partial charge < -0.3 is 15.9 Å². The van der Waals surface area contributed by atoms with Crippen molar-refractivity contribution in [2.45, 2.75) is 0 Å². The molecule has 0 spiro atoms. The van der Waals surface area contributed by atoms with E-state index in [1.54, 1.807) is 12.1 Å². The Morgan fingerprint density at radius 2 is 1.63 bits per heavy atom. The minimum absolute atomic E-state index is 0.0109. The van der Waals surface area contributed by atoms with Crippen LogP contribution in [0.1, 0.15) is 26.3 Å². The van der Waals surface area contributed by atoms with Crippen molar-refractivity contribution in [3.8, 4) is 5.75 Å². The number of carboxylic acids is 1. The van der Waals surface area contributed by atoms with Gasteiger partial charge in [-0.15, -0.1) is 0 Å². The largest absolute Gasteiger partial charge is 0.507 e. The first-order chi connectivity index (χ1) is 9.00. The van der Waals surface area contributed by atoms with E-state index in [1.807, 2.05) is 0 Å². The molecule has 0 fully saturated rings. The van der Waals surface area contributed by atoms with Gasteiger partial charge in [0.25, 0.3) is 0 Å². The first-order valence-electron chi connectivity index (χ1n) is 5.46. The summed E-state index contributed by atoms with van der Waals surface area (Å²) >= 11 is 0. The summed E-state index contributed by atoms with van der Waals surface area (Å²) in [7, 11) is 0. The van der Waals surface area contributed by atoms with Crippen LogP contribution in [-0.2, 0) is 0 Å². The van der Waals surface area contributed by atoms with Gasteiger partial charge in [-0.3, -0.25) is 4.79 Å². The van der Waals surface area contributed by atoms with Crippen LogP contribution in [0.2, 0.25) is 0 Å². The van der Waals surface area contributed by atoms with Crippen LogP contribution < -0.4 is 5.73 Å². The van der Waals surface area contributed by atoms with Crippen molar-refractivity contribution in [3.05, 3.63) is 59.2 Å². The van der Waals surface area contributed by atoms with E-state index in [2.05, 4.69) is 0 Å². The summed E-state index contributed by atoms with van der Waals surface area (Å²) in [5.74, 6) is -2.00. The summed E-state index contributed by atoms with van der Waals surface area (Å²) in [6.07, 6.45) is 0. The summed E-state index contributed by atoms with van der Waals surface area (Å²) in [5, 5.41) is 18.7. The van der Waals surface area contributed by atoms with E-state index in [1.165, 1.54) is 30.3 Å². The quantitative estimate of drug-likeness (QED) is 0.576. The van der Waals surface area contributed by atoms with E-state index in [9.17, 15) is 14.7 Å². The van der Waals surface area contributed by atoms with Crippen molar-refractivity contribution in [2.75, 3.05) is 5.73 Å². The zero-order chi connectivity index (χ0) is 14.0. The maximum Gasteiger partial charge on any atom is 0.336 e. The molecule has 4 N–H and O–H groups in total. The lowest BCUT2D eigenvalue weighted by Crippen LogP contribution is -2.10. The standard InChI is InChI=1S/C14H11NO4/c15-8-5-6-9(11(7-8)14(18)19)13(17)10-3-1-2-4-12(10)16/h1-7,16H,15H2,(H,18,19). The van der Waals surface area contributed by atoms with Gasteiger partial charge in [-0.25, -0.2) is 4.79 Å². The molecule has 0 aliphatic heterocycles. The third kappa shape index (κ3) is 2.40. The average Bonchev–Trinajstić information content (AvgIpc) is 2.38. The fourth-order valence-corrected chi connectivity index (χ4v) is 1.75. The number of aromatic hydroxyl groups is 1. The fraction of sp³-hybridized carbons (Fsp3) is 0. The SMILES string of the molecule is Nc1ccc(C(=O)c2ccccc2O)c(C(=O)O)c1. The number of hydrogen-bond acceptors (Lipinski definition) is 4. The molecule has 19 heavy (non-hydrogen) atoms. The number of carboxylic acid groups (broad SMARTS) is 1. The molecule has 2 aromatic carbocycles. The van der Waals surface area contributed by atoms with E-state index in [-0.39, 0.29) is 28.1 Å². The van der Waals surface area contributed by atoms with Crippen LogP contribution in [0.3, 0.4) is 0 Å². The van der Waals surface area contributed by atoms with Crippen molar-refractivity contribution in [1.82, 2.24) is 0 Å². The molecule has 0 saturated heterocycles. The molecule has 0 aliphatic carbocycles. The lowest BCUT2D eigenvalue weighted by Gasteiger charge is -2.07. The number of phenolic OH excluding ortho intramolecular Hbond substituents is 1. The molecule has 0 radical (unpaired) electrons. The van der Waals surface area contributed by atoms with Gasteiger partial charge in [0.2, 0.25) is 0 Å². The number of ketones is 1. The second-order valence-corrected chi connectivity index (χ2v) is 3.96. The third-order valence-corrected chi connectivity index (χ3v) is 2.67. The topological polar surface area (TPSA) is 101 Å². The fourth-order valence-electron chi connectivity index (χ4n) is 1.75. The number of nitrogen functional groups attached to an aromatic ring is 1. The summed E-state index contributed by atoms with van der Waals surface area (Å²) in [6.45, 7) is 0.